The molecule has 0 aliphatic carbocycles. The van der Waals surface area contributed by atoms with Crippen LogP contribution in [0.4, 0.5) is 8.78 Å². The number of carbonyl (C=O) groups is 2. The molecule has 4 heteroatoms. The van der Waals surface area contributed by atoms with Gasteiger partial charge in [-0.05, 0) is 23.3 Å². The van der Waals surface area contributed by atoms with E-state index in [-0.39, 0.29) is 11.1 Å². The van der Waals surface area contributed by atoms with Crippen LogP contribution < -0.4 is 0 Å². The molecule has 18 heavy (non-hydrogen) atoms. The lowest BCUT2D eigenvalue weighted by Gasteiger charge is -2.08. The molecule has 90 valence electrons. The number of carbonyl (C=O) groups excluding carboxylic acids is 2. The van der Waals surface area contributed by atoms with Gasteiger partial charge in [0, 0.05) is 11.1 Å². The lowest BCUT2D eigenvalue weighted by molar-refractivity contribution is 0.111. The maximum atomic E-state index is 13.2. The summed E-state index contributed by atoms with van der Waals surface area (Å²) in [6.45, 7) is 0. The third-order valence-electron chi connectivity index (χ3n) is 2.60. The minimum absolute atomic E-state index is 0.00296. The van der Waals surface area contributed by atoms with Crippen molar-refractivity contribution in [3.05, 3.63) is 59.2 Å². The Morgan fingerprint density at radius 2 is 1.39 bits per heavy atom. The van der Waals surface area contributed by atoms with Crippen LogP contribution in [0.15, 0.2) is 36.4 Å². The Kier molecular flexibility index (Phi) is 3.28. The van der Waals surface area contributed by atoms with Crippen LogP contribution >= 0.6 is 0 Å². The van der Waals surface area contributed by atoms with Gasteiger partial charge in [0.15, 0.2) is 24.2 Å². The van der Waals surface area contributed by atoms with Crippen LogP contribution in [-0.2, 0) is 0 Å². The van der Waals surface area contributed by atoms with Gasteiger partial charge in [-0.15, -0.1) is 0 Å². The normalized spacial score (nSPS) is 10.1. The molecule has 0 atom stereocenters. The molecule has 0 radical (unpaired) electrons. The van der Waals surface area contributed by atoms with Gasteiger partial charge in [0.1, 0.15) is 0 Å². The first-order chi connectivity index (χ1) is 8.67. The summed E-state index contributed by atoms with van der Waals surface area (Å²) in [6, 6.07) is 8.15. The molecule has 0 saturated carbocycles. The smallest absolute Gasteiger partial charge is 0.159 e. The standard InChI is InChI=1S/C14H8F2O2/c15-13-5-10(8-18)12(6-14(13)16)11-4-2-1-3-9(11)7-17/h1-8H. The molecule has 0 N–H and O–H groups in total. The molecule has 0 unspecified atom stereocenters. The Bertz CT molecular complexity index is 621. The molecule has 2 aromatic carbocycles. The summed E-state index contributed by atoms with van der Waals surface area (Å²) in [5.74, 6) is -2.15. The average Bonchev–Trinajstić information content (AvgIpc) is 2.41. The highest BCUT2D eigenvalue weighted by Crippen LogP contribution is 2.27. The molecule has 0 bridgehead atoms. The van der Waals surface area contributed by atoms with E-state index >= 15 is 0 Å². The van der Waals surface area contributed by atoms with Crippen LogP contribution in [0.5, 0.6) is 0 Å². The average molecular weight is 246 g/mol. The third kappa shape index (κ3) is 2.05. The first-order valence-electron chi connectivity index (χ1n) is 5.16. The van der Waals surface area contributed by atoms with Gasteiger partial charge in [-0.1, -0.05) is 24.3 Å². The van der Waals surface area contributed by atoms with Crippen molar-refractivity contribution in [2.75, 3.05) is 0 Å². The van der Waals surface area contributed by atoms with Crippen molar-refractivity contribution >= 4 is 12.6 Å². The van der Waals surface area contributed by atoms with E-state index in [0.29, 0.717) is 23.7 Å². The number of aldehydes is 2. The van der Waals surface area contributed by atoms with Crippen LogP contribution in [0.1, 0.15) is 20.7 Å². The van der Waals surface area contributed by atoms with E-state index in [0.717, 1.165) is 12.1 Å². The fourth-order valence-corrected chi connectivity index (χ4v) is 1.74. The van der Waals surface area contributed by atoms with Gasteiger partial charge in [-0.3, -0.25) is 9.59 Å². The van der Waals surface area contributed by atoms with Crippen molar-refractivity contribution < 1.29 is 18.4 Å². The minimum Gasteiger partial charge on any atom is -0.298 e. The highest BCUT2D eigenvalue weighted by Gasteiger charge is 2.13. The summed E-state index contributed by atoms with van der Waals surface area (Å²) < 4.78 is 26.3. The molecule has 0 fully saturated rings. The number of halogens is 2. The molecular weight excluding hydrogens is 238 g/mol. The van der Waals surface area contributed by atoms with Gasteiger partial charge < -0.3 is 0 Å². The molecule has 0 aromatic heterocycles. The fraction of sp³-hybridized carbons (Fsp3) is 0. The van der Waals surface area contributed by atoms with Gasteiger partial charge in [0.05, 0.1) is 0 Å². The molecule has 2 nitrogen and oxygen atoms in total. The first-order valence-corrected chi connectivity index (χ1v) is 5.16. The molecular formula is C14H8F2O2. The van der Waals surface area contributed by atoms with E-state index in [1.165, 1.54) is 6.07 Å². The summed E-state index contributed by atoms with van der Waals surface area (Å²) in [5, 5.41) is 0. The second kappa shape index (κ2) is 4.87. The van der Waals surface area contributed by atoms with Crippen LogP contribution in [0, 0.1) is 11.6 Å². The summed E-state index contributed by atoms with van der Waals surface area (Å²) in [6.07, 6.45) is 1.03. The monoisotopic (exact) mass is 246 g/mol. The Morgan fingerprint density at radius 3 is 2.06 bits per heavy atom. The lowest BCUT2D eigenvalue weighted by Crippen LogP contribution is -1.96. The zero-order valence-electron chi connectivity index (χ0n) is 9.19. The zero-order chi connectivity index (χ0) is 13.1. The minimum atomic E-state index is -1.09. The van der Waals surface area contributed by atoms with Crippen LogP contribution in [0.25, 0.3) is 11.1 Å². The topological polar surface area (TPSA) is 34.1 Å². The predicted molar refractivity (Wildman–Crippen MR) is 62.6 cm³/mol. The van der Waals surface area contributed by atoms with Gasteiger partial charge >= 0.3 is 0 Å². The molecule has 0 spiro atoms. The van der Waals surface area contributed by atoms with Gasteiger partial charge in [-0.25, -0.2) is 8.78 Å². The predicted octanol–water partition coefficient (Wildman–Crippen LogP) is 3.26. The molecule has 0 aliphatic heterocycles. The quantitative estimate of drug-likeness (QED) is 0.779. The Morgan fingerprint density at radius 1 is 0.778 bits per heavy atom. The number of hydrogen-bond donors (Lipinski definition) is 0. The Labute approximate surface area is 102 Å². The van der Waals surface area contributed by atoms with E-state index in [4.69, 9.17) is 0 Å². The maximum Gasteiger partial charge on any atom is 0.159 e. The molecule has 0 amide bonds. The summed E-state index contributed by atoms with van der Waals surface area (Å²) in [7, 11) is 0. The summed E-state index contributed by atoms with van der Waals surface area (Å²) >= 11 is 0. The van der Waals surface area contributed by atoms with Crippen molar-refractivity contribution in [1.29, 1.82) is 0 Å². The van der Waals surface area contributed by atoms with Crippen LogP contribution in [-0.4, -0.2) is 12.6 Å². The first kappa shape index (κ1) is 12.1. The van der Waals surface area contributed by atoms with Gasteiger partial charge in [0.25, 0.3) is 0 Å². The SMILES string of the molecule is O=Cc1ccccc1-c1cc(F)c(F)cc1C=O. The Hall–Kier alpha value is -2.36. The fourth-order valence-electron chi connectivity index (χ4n) is 1.74. The van der Waals surface area contributed by atoms with E-state index in [1.54, 1.807) is 18.2 Å². The van der Waals surface area contributed by atoms with E-state index in [1.807, 2.05) is 0 Å². The molecule has 0 saturated heterocycles. The molecule has 0 aliphatic rings. The number of rotatable bonds is 3. The van der Waals surface area contributed by atoms with Gasteiger partial charge in [0.2, 0.25) is 0 Å². The maximum absolute atomic E-state index is 13.2. The van der Waals surface area contributed by atoms with E-state index in [2.05, 4.69) is 0 Å². The third-order valence-corrected chi connectivity index (χ3v) is 2.60. The largest absolute Gasteiger partial charge is 0.298 e. The zero-order valence-corrected chi connectivity index (χ0v) is 9.19. The second-order valence-electron chi connectivity index (χ2n) is 3.68. The number of benzene rings is 2. The van der Waals surface area contributed by atoms with Gasteiger partial charge in [-0.2, -0.15) is 0 Å². The summed E-state index contributed by atoms with van der Waals surface area (Å²) in [5.41, 5.74) is 0.912. The van der Waals surface area contributed by atoms with Crippen molar-refractivity contribution in [2.24, 2.45) is 0 Å². The summed E-state index contributed by atoms with van der Waals surface area (Å²) in [4.78, 5) is 21.8. The number of hydrogen-bond acceptors (Lipinski definition) is 2. The molecule has 2 aromatic rings. The molecule has 0 heterocycles. The van der Waals surface area contributed by atoms with Crippen molar-refractivity contribution in [1.82, 2.24) is 0 Å². The van der Waals surface area contributed by atoms with Crippen molar-refractivity contribution in [3.63, 3.8) is 0 Å². The van der Waals surface area contributed by atoms with Crippen LogP contribution in [0.2, 0.25) is 0 Å². The highest BCUT2D eigenvalue weighted by atomic mass is 19.2. The van der Waals surface area contributed by atoms with Crippen molar-refractivity contribution in [2.45, 2.75) is 0 Å². The van der Waals surface area contributed by atoms with Crippen LogP contribution in [0.3, 0.4) is 0 Å². The van der Waals surface area contributed by atoms with E-state index in [9.17, 15) is 18.4 Å². The molecule has 2 rings (SSSR count). The van der Waals surface area contributed by atoms with Crippen molar-refractivity contribution in [3.8, 4) is 11.1 Å². The highest BCUT2D eigenvalue weighted by molar-refractivity contribution is 5.94. The Balaban J connectivity index is 2.73. The lowest BCUT2D eigenvalue weighted by atomic mass is 9.96. The second-order valence-corrected chi connectivity index (χ2v) is 3.68. The van der Waals surface area contributed by atoms with E-state index < -0.39 is 11.6 Å².